The molecule has 36 heavy (non-hydrogen) atoms. The van der Waals surface area contributed by atoms with Gasteiger partial charge in [-0.2, -0.15) is 0 Å². The molecule has 0 bridgehead atoms. The molecule has 4 rings (SSSR count). The van der Waals surface area contributed by atoms with Crippen molar-refractivity contribution in [2.24, 2.45) is 0 Å². The Labute approximate surface area is 213 Å². The molecule has 1 aromatic heterocycles. The molecule has 8 nitrogen and oxygen atoms in total. The van der Waals surface area contributed by atoms with Crippen LogP contribution < -0.4 is 19.8 Å². The summed E-state index contributed by atoms with van der Waals surface area (Å²) in [5.41, 5.74) is 1.88. The summed E-state index contributed by atoms with van der Waals surface area (Å²) >= 11 is 0. The third kappa shape index (κ3) is 4.66. The number of fused-ring (bicyclic) bond motifs is 3. The maximum atomic E-state index is 13.6. The van der Waals surface area contributed by atoms with Crippen LogP contribution in [-0.2, 0) is 9.16 Å². The monoisotopic (exact) mass is 515 g/mol. The minimum absolute atomic E-state index is 0.0154. The predicted molar refractivity (Wildman–Crippen MR) is 140 cm³/mol. The Morgan fingerprint density at radius 2 is 1.75 bits per heavy atom. The van der Waals surface area contributed by atoms with E-state index in [1.807, 2.05) is 6.07 Å². The largest absolute Gasteiger partial charge is 0.493 e. The van der Waals surface area contributed by atoms with Crippen molar-refractivity contribution in [2.75, 3.05) is 27.4 Å². The molecule has 2 aromatic rings. The number of carbonyl (C=O) groups is 1. The van der Waals surface area contributed by atoms with Crippen LogP contribution in [0, 0.1) is 0 Å². The van der Waals surface area contributed by atoms with Crippen molar-refractivity contribution in [3.63, 3.8) is 0 Å². The molecule has 1 unspecified atom stereocenters. The number of benzene rings is 1. The van der Waals surface area contributed by atoms with Crippen molar-refractivity contribution in [1.82, 2.24) is 4.57 Å². The molecule has 0 N–H and O–H groups in total. The molecule has 1 fully saturated rings. The normalized spacial score (nSPS) is 17.1. The topological polar surface area (TPSA) is 85.2 Å². The summed E-state index contributed by atoms with van der Waals surface area (Å²) in [5, 5.41) is 0.0158. The van der Waals surface area contributed by atoms with E-state index in [-0.39, 0.29) is 28.8 Å². The number of esters is 1. The van der Waals surface area contributed by atoms with E-state index >= 15 is 0 Å². The van der Waals surface area contributed by atoms with Crippen LogP contribution in [0.4, 0.5) is 0 Å². The fourth-order valence-electron chi connectivity index (χ4n) is 4.21. The van der Waals surface area contributed by atoms with Gasteiger partial charge in [-0.1, -0.05) is 20.8 Å². The number of aromatic nitrogens is 1. The second-order valence-electron chi connectivity index (χ2n) is 10.9. The summed E-state index contributed by atoms with van der Waals surface area (Å²) in [6.45, 7) is 13.1. The summed E-state index contributed by atoms with van der Waals surface area (Å²) in [5.74, 6) is 1.03. The van der Waals surface area contributed by atoms with Crippen LogP contribution in [0.15, 0.2) is 23.0 Å². The number of ether oxygens (including phenoxy) is 4. The second kappa shape index (κ2) is 9.59. The van der Waals surface area contributed by atoms with E-state index in [9.17, 15) is 9.59 Å². The summed E-state index contributed by atoms with van der Waals surface area (Å²) in [6, 6.07) is 5.27. The first kappa shape index (κ1) is 26.3. The van der Waals surface area contributed by atoms with Crippen molar-refractivity contribution in [2.45, 2.75) is 70.8 Å². The Balaban J connectivity index is 1.93. The van der Waals surface area contributed by atoms with Crippen LogP contribution >= 0.6 is 0 Å². The van der Waals surface area contributed by atoms with Gasteiger partial charge in [-0.25, -0.2) is 4.79 Å². The number of hydrogen-bond acceptors (Lipinski definition) is 7. The number of carbonyl (C=O) groups excluding carboxylic acids is 1. The van der Waals surface area contributed by atoms with Gasteiger partial charge in [-0.05, 0) is 50.0 Å². The van der Waals surface area contributed by atoms with Crippen molar-refractivity contribution in [3.05, 3.63) is 39.7 Å². The molecule has 2 aliphatic rings. The Kier molecular flexibility index (Phi) is 7.00. The summed E-state index contributed by atoms with van der Waals surface area (Å²) < 4.78 is 31.1. The second-order valence-corrected chi connectivity index (χ2v) is 15.7. The average molecular weight is 516 g/mol. The maximum Gasteiger partial charge on any atom is 0.343 e. The van der Waals surface area contributed by atoms with Gasteiger partial charge in [-0.3, -0.25) is 4.79 Å². The summed E-state index contributed by atoms with van der Waals surface area (Å²) in [4.78, 5) is 26.4. The Morgan fingerprint density at radius 1 is 1.11 bits per heavy atom. The Hall–Kier alpha value is -2.78. The van der Waals surface area contributed by atoms with Gasteiger partial charge >= 0.3 is 5.97 Å². The first-order valence-electron chi connectivity index (χ1n) is 12.5. The lowest BCUT2D eigenvalue weighted by Gasteiger charge is -2.38. The highest BCUT2D eigenvalue weighted by molar-refractivity contribution is 6.74. The van der Waals surface area contributed by atoms with Crippen molar-refractivity contribution >= 4 is 14.3 Å². The van der Waals surface area contributed by atoms with E-state index in [2.05, 4.69) is 33.9 Å². The predicted octanol–water partition coefficient (Wildman–Crippen LogP) is 5.50. The highest BCUT2D eigenvalue weighted by Gasteiger charge is 2.41. The van der Waals surface area contributed by atoms with E-state index in [0.29, 0.717) is 23.9 Å². The number of methoxy groups -OCH3 is 2. The minimum atomic E-state index is -2.10. The minimum Gasteiger partial charge on any atom is -0.493 e. The maximum absolute atomic E-state index is 13.6. The number of nitrogens with zero attached hydrogens (tertiary/aromatic N) is 1. The molecule has 196 valence electrons. The van der Waals surface area contributed by atoms with Crippen LogP contribution in [0.25, 0.3) is 11.3 Å². The van der Waals surface area contributed by atoms with Gasteiger partial charge < -0.3 is 27.9 Å². The van der Waals surface area contributed by atoms with Gasteiger partial charge in [0.25, 0.3) is 5.56 Å². The van der Waals surface area contributed by atoms with E-state index in [1.54, 1.807) is 37.8 Å². The quantitative estimate of drug-likeness (QED) is 0.339. The van der Waals surface area contributed by atoms with E-state index in [1.165, 1.54) is 0 Å². The van der Waals surface area contributed by atoms with Gasteiger partial charge in [0.2, 0.25) is 0 Å². The van der Waals surface area contributed by atoms with E-state index < -0.39 is 20.4 Å². The zero-order valence-corrected chi connectivity index (χ0v) is 23.5. The summed E-state index contributed by atoms with van der Waals surface area (Å²) in [7, 11) is 1.05. The van der Waals surface area contributed by atoms with Gasteiger partial charge in [-0.15, -0.1) is 0 Å². The fourth-order valence-corrected chi connectivity index (χ4v) is 5.21. The van der Waals surface area contributed by atoms with Gasteiger partial charge in [0.1, 0.15) is 17.4 Å². The fraction of sp³-hybridized carbons (Fsp3) is 0.556. The first-order chi connectivity index (χ1) is 16.9. The standard InChI is InChI=1S/C27H37NO7Si/c1-9-33-26(30)19-12-17-23(15-34-36(7,8)27(2,3)4)35-20-14-22(32-6)21(31-5)13-18(20)24(17)28(25(19)29)16-10-11-16/h12-14,16,23H,9-11,15H2,1-8H3. The molecule has 0 saturated heterocycles. The molecule has 9 heteroatoms. The molecule has 1 saturated carbocycles. The zero-order valence-electron chi connectivity index (χ0n) is 22.5. The zero-order chi connectivity index (χ0) is 26.4. The molecule has 2 heterocycles. The Morgan fingerprint density at radius 3 is 2.31 bits per heavy atom. The molecule has 0 spiro atoms. The van der Waals surface area contributed by atoms with Crippen molar-refractivity contribution < 1.29 is 28.2 Å². The molecule has 1 aliphatic heterocycles. The van der Waals surface area contributed by atoms with Crippen LogP contribution in [0.3, 0.4) is 0 Å². The van der Waals surface area contributed by atoms with Crippen molar-refractivity contribution in [3.8, 4) is 28.5 Å². The lowest BCUT2D eigenvalue weighted by molar-refractivity contribution is 0.0522. The lowest BCUT2D eigenvalue weighted by Crippen LogP contribution is -2.42. The third-order valence-corrected chi connectivity index (χ3v) is 11.9. The smallest absolute Gasteiger partial charge is 0.343 e. The highest BCUT2D eigenvalue weighted by Crippen LogP contribution is 2.50. The first-order valence-corrected chi connectivity index (χ1v) is 15.4. The molecule has 1 atom stereocenters. The third-order valence-electron chi connectivity index (χ3n) is 7.43. The Bertz CT molecular complexity index is 1220. The molecule has 0 amide bonds. The number of rotatable bonds is 8. The molecule has 1 aliphatic carbocycles. The van der Waals surface area contributed by atoms with Crippen LogP contribution in [0.1, 0.15) is 68.6 Å². The molecular weight excluding hydrogens is 478 g/mol. The molecule has 0 radical (unpaired) electrons. The van der Waals surface area contributed by atoms with Gasteiger partial charge in [0.05, 0.1) is 33.1 Å². The van der Waals surface area contributed by atoms with Crippen LogP contribution in [0.2, 0.25) is 18.1 Å². The summed E-state index contributed by atoms with van der Waals surface area (Å²) in [6.07, 6.45) is 1.22. The molecule has 1 aromatic carbocycles. The SMILES string of the molecule is CCOC(=O)c1cc2c(n(C3CC3)c1=O)-c1cc(OC)c(OC)cc1OC2CO[Si](C)(C)C(C)(C)C. The van der Waals surface area contributed by atoms with Crippen LogP contribution in [0.5, 0.6) is 17.2 Å². The average Bonchev–Trinajstić information content (AvgIpc) is 3.65. The van der Waals surface area contributed by atoms with E-state index in [4.69, 9.17) is 23.4 Å². The number of pyridine rings is 1. The van der Waals surface area contributed by atoms with Gasteiger partial charge in [0, 0.05) is 23.2 Å². The number of hydrogen-bond donors (Lipinski definition) is 0. The lowest BCUT2D eigenvalue weighted by atomic mass is 9.95. The highest BCUT2D eigenvalue weighted by atomic mass is 28.4. The van der Waals surface area contributed by atoms with Crippen LogP contribution in [-0.4, -0.2) is 46.3 Å². The van der Waals surface area contributed by atoms with Crippen molar-refractivity contribution in [1.29, 1.82) is 0 Å². The van der Waals surface area contributed by atoms with E-state index in [0.717, 1.165) is 29.7 Å². The molecular formula is C27H37NO7Si. The van der Waals surface area contributed by atoms with Gasteiger partial charge in [0.15, 0.2) is 19.8 Å².